The highest BCUT2D eigenvalue weighted by Gasteiger charge is 2.29. The number of carbonyl (C=O) groups is 2. The highest BCUT2D eigenvalue weighted by molar-refractivity contribution is 5.76. The largest absolute Gasteiger partial charge is 0.481 e. The first-order chi connectivity index (χ1) is 8.06. The van der Waals surface area contributed by atoms with Gasteiger partial charge in [0, 0.05) is 19.6 Å². The molecule has 1 aliphatic rings. The van der Waals surface area contributed by atoms with Crippen molar-refractivity contribution in [3.05, 3.63) is 0 Å². The molecule has 0 aromatic carbocycles. The lowest BCUT2D eigenvalue weighted by atomic mass is 10.00. The number of rotatable bonds is 3. The molecule has 0 aromatic rings. The lowest BCUT2D eigenvalue weighted by molar-refractivity contribution is -0.138. The van der Waals surface area contributed by atoms with E-state index in [9.17, 15) is 9.59 Å². The van der Waals surface area contributed by atoms with E-state index in [1.54, 1.807) is 11.9 Å². The molecule has 0 spiro atoms. The number of terminal acetylenes is 1. The molecule has 0 aliphatic carbocycles. The van der Waals surface area contributed by atoms with Crippen molar-refractivity contribution < 1.29 is 14.7 Å². The van der Waals surface area contributed by atoms with Gasteiger partial charge in [-0.15, -0.1) is 6.42 Å². The third kappa shape index (κ3) is 3.66. The second kappa shape index (κ2) is 6.14. The van der Waals surface area contributed by atoms with E-state index in [1.165, 1.54) is 4.90 Å². The number of nitrogens with zero attached hydrogens (tertiary/aromatic N) is 2. The monoisotopic (exact) mass is 238 g/mol. The predicted molar refractivity (Wildman–Crippen MR) is 63.5 cm³/mol. The predicted octanol–water partition coefficient (Wildman–Crippen LogP) is 1.00. The molecule has 0 aromatic heterocycles. The normalized spacial score (nSPS) is 19.5. The minimum absolute atomic E-state index is 0.00956. The molecule has 17 heavy (non-hydrogen) atoms. The number of hydrogen-bond acceptors (Lipinski definition) is 2. The average molecular weight is 238 g/mol. The summed E-state index contributed by atoms with van der Waals surface area (Å²) in [6.45, 7) is 0.862. The minimum atomic E-state index is -0.866. The van der Waals surface area contributed by atoms with Crippen LogP contribution in [0.2, 0.25) is 0 Å². The Morgan fingerprint density at radius 2 is 2.24 bits per heavy atom. The van der Waals surface area contributed by atoms with Gasteiger partial charge in [0.1, 0.15) is 0 Å². The highest BCUT2D eigenvalue weighted by atomic mass is 16.4. The number of hydrogen-bond donors (Lipinski definition) is 1. The maximum atomic E-state index is 12.0. The van der Waals surface area contributed by atoms with Gasteiger partial charge in [0.05, 0.1) is 13.0 Å². The topological polar surface area (TPSA) is 60.9 Å². The zero-order chi connectivity index (χ0) is 12.8. The summed E-state index contributed by atoms with van der Waals surface area (Å²) in [6, 6.07) is -0.372. The number of amides is 2. The Kier molecular flexibility index (Phi) is 4.83. The van der Waals surface area contributed by atoms with E-state index < -0.39 is 5.97 Å². The summed E-state index contributed by atoms with van der Waals surface area (Å²) in [6.07, 6.45) is 7.81. The standard InChI is InChI=1S/C12H18N2O3/c1-3-7-13(2)12(17)14-8-5-4-6-10(14)9-11(15)16/h1,10H,4-9H2,2H3,(H,15,16). The van der Waals surface area contributed by atoms with Crippen LogP contribution in [-0.2, 0) is 4.79 Å². The van der Waals surface area contributed by atoms with Crippen molar-refractivity contribution in [3.63, 3.8) is 0 Å². The SMILES string of the molecule is C#CCN(C)C(=O)N1CCCCC1CC(=O)O. The van der Waals surface area contributed by atoms with Crippen LogP contribution in [0.1, 0.15) is 25.7 Å². The molecule has 1 heterocycles. The number of carboxylic acids is 1. The zero-order valence-corrected chi connectivity index (χ0v) is 10.1. The molecule has 1 aliphatic heterocycles. The first kappa shape index (κ1) is 13.4. The van der Waals surface area contributed by atoms with Crippen LogP contribution in [0.4, 0.5) is 4.79 Å². The van der Waals surface area contributed by atoms with Crippen molar-refractivity contribution in [1.29, 1.82) is 0 Å². The van der Waals surface area contributed by atoms with Crippen molar-refractivity contribution in [2.24, 2.45) is 0 Å². The fourth-order valence-electron chi connectivity index (χ4n) is 2.09. The van der Waals surface area contributed by atoms with E-state index in [4.69, 9.17) is 11.5 Å². The Balaban J connectivity index is 2.67. The van der Waals surface area contributed by atoms with Crippen LogP contribution in [0.15, 0.2) is 0 Å². The fourth-order valence-corrected chi connectivity index (χ4v) is 2.09. The van der Waals surface area contributed by atoms with Crippen LogP contribution < -0.4 is 0 Å². The van der Waals surface area contributed by atoms with Gasteiger partial charge in [-0.1, -0.05) is 5.92 Å². The van der Waals surface area contributed by atoms with Crippen LogP contribution in [0, 0.1) is 12.3 Å². The van der Waals surface area contributed by atoms with Gasteiger partial charge in [0.15, 0.2) is 0 Å². The molecule has 1 atom stereocenters. The third-order valence-corrected chi connectivity index (χ3v) is 2.94. The second-order valence-electron chi connectivity index (χ2n) is 4.28. The first-order valence-electron chi connectivity index (χ1n) is 5.73. The van der Waals surface area contributed by atoms with Crippen LogP contribution in [0.3, 0.4) is 0 Å². The lowest BCUT2D eigenvalue weighted by Gasteiger charge is -2.37. The molecule has 2 amide bonds. The van der Waals surface area contributed by atoms with Gasteiger partial charge in [0.25, 0.3) is 0 Å². The van der Waals surface area contributed by atoms with E-state index in [2.05, 4.69) is 5.92 Å². The average Bonchev–Trinajstić information content (AvgIpc) is 2.28. The van der Waals surface area contributed by atoms with Crippen LogP contribution in [-0.4, -0.2) is 53.1 Å². The summed E-state index contributed by atoms with van der Waals surface area (Å²) < 4.78 is 0. The number of carboxylic acid groups (broad SMARTS) is 1. The molecule has 1 fully saturated rings. The molecule has 0 radical (unpaired) electrons. The molecular weight excluding hydrogens is 220 g/mol. The third-order valence-electron chi connectivity index (χ3n) is 2.94. The summed E-state index contributed by atoms with van der Waals surface area (Å²) in [7, 11) is 1.63. The number of piperidine rings is 1. The number of carbonyl (C=O) groups excluding carboxylic acids is 1. The molecule has 5 heteroatoms. The molecule has 0 bridgehead atoms. The number of aliphatic carboxylic acids is 1. The zero-order valence-electron chi connectivity index (χ0n) is 10.1. The fraction of sp³-hybridized carbons (Fsp3) is 0.667. The molecule has 1 saturated heterocycles. The second-order valence-corrected chi connectivity index (χ2v) is 4.28. The van der Waals surface area contributed by atoms with E-state index >= 15 is 0 Å². The molecule has 5 nitrogen and oxygen atoms in total. The molecule has 1 N–H and O–H groups in total. The van der Waals surface area contributed by atoms with Crippen molar-refractivity contribution in [3.8, 4) is 12.3 Å². The van der Waals surface area contributed by atoms with Gasteiger partial charge >= 0.3 is 12.0 Å². The Morgan fingerprint density at radius 1 is 1.53 bits per heavy atom. The van der Waals surface area contributed by atoms with Crippen molar-refractivity contribution in [2.75, 3.05) is 20.1 Å². The Labute approximate surface area is 101 Å². The summed E-state index contributed by atoms with van der Waals surface area (Å²) >= 11 is 0. The molecule has 1 unspecified atom stereocenters. The maximum absolute atomic E-state index is 12.0. The minimum Gasteiger partial charge on any atom is -0.481 e. The van der Waals surface area contributed by atoms with Gasteiger partial charge in [0.2, 0.25) is 0 Å². The van der Waals surface area contributed by atoms with Gasteiger partial charge in [-0.2, -0.15) is 0 Å². The van der Waals surface area contributed by atoms with Crippen molar-refractivity contribution in [1.82, 2.24) is 9.80 Å². The summed E-state index contributed by atoms with van der Waals surface area (Å²) in [4.78, 5) is 25.9. The van der Waals surface area contributed by atoms with Crippen LogP contribution in [0.5, 0.6) is 0 Å². The van der Waals surface area contributed by atoms with E-state index in [0.717, 1.165) is 19.3 Å². The smallest absolute Gasteiger partial charge is 0.320 e. The molecule has 0 saturated carbocycles. The number of urea groups is 1. The van der Waals surface area contributed by atoms with Crippen molar-refractivity contribution >= 4 is 12.0 Å². The van der Waals surface area contributed by atoms with Crippen LogP contribution in [0.25, 0.3) is 0 Å². The summed E-state index contributed by atoms with van der Waals surface area (Å²) in [5, 5.41) is 8.82. The molecule has 94 valence electrons. The maximum Gasteiger partial charge on any atom is 0.320 e. The van der Waals surface area contributed by atoms with E-state index in [0.29, 0.717) is 6.54 Å². The summed E-state index contributed by atoms with van der Waals surface area (Å²) in [5.41, 5.74) is 0. The van der Waals surface area contributed by atoms with E-state index in [-0.39, 0.29) is 25.0 Å². The van der Waals surface area contributed by atoms with E-state index in [1.807, 2.05) is 0 Å². The summed E-state index contributed by atoms with van der Waals surface area (Å²) in [5.74, 6) is 1.54. The highest BCUT2D eigenvalue weighted by Crippen LogP contribution is 2.20. The number of likely N-dealkylation sites (tertiary alicyclic amines) is 1. The van der Waals surface area contributed by atoms with Crippen LogP contribution >= 0.6 is 0 Å². The quantitative estimate of drug-likeness (QED) is 0.746. The Bertz CT molecular complexity index is 335. The molecular formula is C12H18N2O3. The first-order valence-corrected chi connectivity index (χ1v) is 5.73. The Hall–Kier alpha value is -1.70. The van der Waals surface area contributed by atoms with Gasteiger partial charge in [-0.05, 0) is 19.3 Å². The van der Waals surface area contributed by atoms with Gasteiger partial charge in [-0.25, -0.2) is 4.79 Å². The Morgan fingerprint density at radius 3 is 2.82 bits per heavy atom. The van der Waals surface area contributed by atoms with Gasteiger partial charge in [-0.3, -0.25) is 4.79 Å². The van der Waals surface area contributed by atoms with Crippen molar-refractivity contribution in [2.45, 2.75) is 31.7 Å². The lowest BCUT2D eigenvalue weighted by Crippen LogP contribution is -2.49. The molecule has 1 rings (SSSR count). The van der Waals surface area contributed by atoms with Gasteiger partial charge < -0.3 is 14.9 Å².